The van der Waals surface area contributed by atoms with E-state index in [0.717, 1.165) is 18.4 Å². The Kier molecular flexibility index (Phi) is 4.94. The molecule has 4 rings (SSSR count). The van der Waals surface area contributed by atoms with Crippen molar-refractivity contribution in [2.75, 3.05) is 13.2 Å². The first-order chi connectivity index (χ1) is 13.1. The number of hydrogen-bond donors (Lipinski definition) is 1. The fourth-order valence-electron chi connectivity index (χ4n) is 4.06. The summed E-state index contributed by atoms with van der Waals surface area (Å²) in [7, 11) is 0. The summed E-state index contributed by atoms with van der Waals surface area (Å²) in [6.07, 6.45) is 1.87. The van der Waals surface area contributed by atoms with Gasteiger partial charge in [-0.3, -0.25) is 9.59 Å². The van der Waals surface area contributed by atoms with Gasteiger partial charge in [-0.15, -0.1) is 0 Å². The molecular formula is C22H24N2O3. The van der Waals surface area contributed by atoms with E-state index in [1.165, 1.54) is 16.7 Å². The molecule has 5 heteroatoms. The number of aryl methyl sites for hydroxylation is 1. The Morgan fingerprint density at radius 1 is 1.19 bits per heavy atom. The van der Waals surface area contributed by atoms with Gasteiger partial charge in [0.05, 0.1) is 12.6 Å². The van der Waals surface area contributed by atoms with E-state index in [4.69, 9.17) is 4.74 Å². The normalized spacial score (nSPS) is 21.8. The van der Waals surface area contributed by atoms with Crippen LogP contribution in [0.1, 0.15) is 34.7 Å². The summed E-state index contributed by atoms with van der Waals surface area (Å²) in [5.41, 5.74) is 4.81. The highest BCUT2D eigenvalue weighted by Gasteiger charge is 2.36. The maximum absolute atomic E-state index is 13.0. The van der Waals surface area contributed by atoms with Gasteiger partial charge in [0.25, 0.3) is 0 Å². The van der Waals surface area contributed by atoms with Crippen molar-refractivity contribution in [1.29, 1.82) is 0 Å². The van der Waals surface area contributed by atoms with Gasteiger partial charge in [-0.1, -0.05) is 48.5 Å². The molecule has 1 fully saturated rings. The zero-order valence-electron chi connectivity index (χ0n) is 15.5. The van der Waals surface area contributed by atoms with Crippen LogP contribution in [-0.2, 0) is 27.3 Å². The number of morpholine rings is 1. The van der Waals surface area contributed by atoms with E-state index < -0.39 is 6.04 Å². The zero-order valence-corrected chi connectivity index (χ0v) is 15.5. The molecule has 0 radical (unpaired) electrons. The minimum absolute atomic E-state index is 0.00278. The van der Waals surface area contributed by atoms with Gasteiger partial charge in [-0.25, -0.2) is 0 Å². The molecule has 0 aromatic heterocycles. The SMILES string of the molecule is Cc1cccc2c1CCC2NC(=O)C1COCC(=O)N1Cc1ccccc1. The number of benzene rings is 2. The monoisotopic (exact) mass is 364 g/mol. The van der Waals surface area contributed by atoms with Crippen LogP contribution in [0.5, 0.6) is 0 Å². The topological polar surface area (TPSA) is 58.6 Å². The van der Waals surface area contributed by atoms with Gasteiger partial charge in [-0.2, -0.15) is 0 Å². The van der Waals surface area contributed by atoms with Crippen molar-refractivity contribution in [1.82, 2.24) is 10.2 Å². The molecule has 0 saturated carbocycles. The van der Waals surface area contributed by atoms with E-state index in [-0.39, 0.29) is 31.1 Å². The van der Waals surface area contributed by atoms with Crippen LogP contribution in [0.2, 0.25) is 0 Å². The first-order valence-corrected chi connectivity index (χ1v) is 9.43. The number of carbonyl (C=O) groups is 2. The van der Waals surface area contributed by atoms with Crippen LogP contribution in [0.3, 0.4) is 0 Å². The molecule has 1 aliphatic heterocycles. The maximum Gasteiger partial charge on any atom is 0.249 e. The minimum atomic E-state index is -0.597. The van der Waals surface area contributed by atoms with Crippen LogP contribution in [0, 0.1) is 6.92 Å². The number of rotatable bonds is 4. The molecule has 2 amide bonds. The molecule has 0 spiro atoms. The summed E-state index contributed by atoms with van der Waals surface area (Å²) in [5, 5.41) is 3.16. The third-order valence-electron chi connectivity index (χ3n) is 5.52. The van der Waals surface area contributed by atoms with Crippen molar-refractivity contribution >= 4 is 11.8 Å². The Labute approximate surface area is 159 Å². The van der Waals surface area contributed by atoms with Crippen LogP contribution in [0.15, 0.2) is 48.5 Å². The molecule has 5 nitrogen and oxygen atoms in total. The molecule has 2 aromatic carbocycles. The van der Waals surface area contributed by atoms with Crippen LogP contribution in [-0.4, -0.2) is 36.0 Å². The second-order valence-corrected chi connectivity index (χ2v) is 7.28. The first kappa shape index (κ1) is 17.7. The van der Waals surface area contributed by atoms with E-state index in [2.05, 4.69) is 24.4 Å². The van der Waals surface area contributed by atoms with Crippen molar-refractivity contribution in [3.05, 3.63) is 70.8 Å². The van der Waals surface area contributed by atoms with Crippen molar-refractivity contribution in [2.24, 2.45) is 0 Å². The molecular weight excluding hydrogens is 340 g/mol. The van der Waals surface area contributed by atoms with Crippen LogP contribution in [0.4, 0.5) is 0 Å². The average Bonchev–Trinajstić information content (AvgIpc) is 3.08. The van der Waals surface area contributed by atoms with Gasteiger partial charge in [0.2, 0.25) is 11.8 Å². The van der Waals surface area contributed by atoms with Gasteiger partial charge >= 0.3 is 0 Å². The number of amides is 2. The van der Waals surface area contributed by atoms with Gasteiger partial charge in [0.1, 0.15) is 12.6 Å². The van der Waals surface area contributed by atoms with Crippen LogP contribution < -0.4 is 5.32 Å². The highest BCUT2D eigenvalue weighted by atomic mass is 16.5. The van der Waals surface area contributed by atoms with Gasteiger partial charge in [0, 0.05) is 6.54 Å². The fourth-order valence-corrected chi connectivity index (χ4v) is 4.06. The lowest BCUT2D eigenvalue weighted by Gasteiger charge is -2.35. The number of nitrogens with zero attached hydrogens (tertiary/aromatic N) is 1. The van der Waals surface area contributed by atoms with Crippen molar-refractivity contribution in [2.45, 2.75) is 38.4 Å². The van der Waals surface area contributed by atoms with Crippen LogP contribution >= 0.6 is 0 Å². The van der Waals surface area contributed by atoms with Gasteiger partial charge in [-0.05, 0) is 42.0 Å². The van der Waals surface area contributed by atoms with Gasteiger partial charge in [0.15, 0.2) is 0 Å². The Morgan fingerprint density at radius 2 is 2.00 bits per heavy atom. The summed E-state index contributed by atoms with van der Waals surface area (Å²) in [4.78, 5) is 27.1. The quantitative estimate of drug-likeness (QED) is 0.907. The highest BCUT2D eigenvalue weighted by Crippen LogP contribution is 2.33. The average molecular weight is 364 g/mol. The summed E-state index contributed by atoms with van der Waals surface area (Å²) >= 11 is 0. The molecule has 1 saturated heterocycles. The van der Waals surface area contributed by atoms with Crippen molar-refractivity contribution in [3.8, 4) is 0 Å². The molecule has 1 heterocycles. The number of fused-ring (bicyclic) bond motifs is 1. The summed E-state index contributed by atoms with van der Waals surface area (Å²) in [5.74, 6) is -0.286. The second kappa shape index (κ2) is 7.53. The Hall–Kier alpha value is -2.66. The standard InChI is InChI=1S/C22H24N2O3/c1-15-6-5-9-18-17(15)10-11-19(18)23-22(26)20-13-27-14-21(25)24(20)12-16-7-3-2-4-8-16/h2-9,19-20H,10-14H2,1H3,(H,23,26). The number of nitrogens with one attached hydrogen (secondary N) is 1. The highest BCUT2D eigenvalue weighted by molar-refractivity contribution is 5.89. The zero-order chi connectivity index (χ0) is 18.8. The van der Waals surface area contributed by atoms with Crippen LogP contribution in [0.25, 0.3) is 0 Å². The molecule has 140 valence electrons. The summed E-state index contributed by atoms with van der Waals surface area (Å²) in [6.45, 7) is 2.79. The lowest BCUT2D eigenvalue weighted by atomic mass is 10.0. The summed E-state index contributed by atoms with van der Waals surface area (Å²) < 4.78 is 5.38. The lowest BCUT2D eigenvalue weighted by Crippen LogP contribution is -2.56. The Balaban J connectivity index is 1.50. The molecule has 2 unspecified atom stereocenters. The molecule has 2 aliphatic rings. The van der Waals surface area contributed by atoms with E-state index in [1.807, 2.05) is 36.4 Å². The molecule has 2 aromatic rings. The predicted octanol–water partition coefficient (Wildman–Crippen LogP) is 2.53. The van der Waals surface area contributed by atoms with E-state index >= 15 is 0 Å². The van der Waals surface area contributed by atoms with E-state index in [0.29, 0.717) is 6.54 Å². The number of carbonyl (C=O) groups excluding carboxylic acids is 2. The Bertz CT molecular complexity index is 850. The molecule has 27 heavy (non-hydrogen) atoms. The number of ether oxygens (including phenoxy) is 1. The first-order valence-electron chi connectivity index (χ1n) is 9.43. The number of hydrogen-bond acceptors (Lipinski definition) is 3. The molecule has 1 N–H and O–H groups in total. The molecule has 2 atom stereocenters. The smallest absolute Gasteiger partial charge is 0.249 e. The second-order valence-electron chi connectivity index (χ2n) is 7.28. The largest absolute Gasteiger partial charge is 0.369 e. The molecule has 0 bridgehead atoms. The lowest BCUT2D eigenvalue weighted by molar-refractivity contribution is -0.155. The molecule has 1 aliphatic carbocycles. The van der Waals surface area contributed by atoms with E-state index in [1.54, 1.807) is 4.90 Å². The Morgan fingerprint density at radius 3 is 2.81 bits per heavy atom. The summed E-state index contributed by atoms with van der Waals surface area (Å²) in [6, 6.07) is 15.4. The maximum atomic E-state index is 13.0. The third kappa shape index (κ3) is 3.60. The van der Waals surface area contributed by atoms with Crippen molar-refractivity contribution in [3.63, 3.8) is 0 Å². The fraction of sp³-hybridized carbons (Fsp3) is 0.364. The minimum Gasteiger partial charge on any atom is -0.369 e. The third-order valence-corrected chi connectivity index (χ3v) is 5.52. The van der Waals surface area contributed by atoms with Gasteiger partial charge < -0.3 is 15.0 Å². The predicted molar refractivity (Wildman–Crippen MR) is 102 cm³/mol. The van der Waals surface area contributed by atoms with E-state index in [9.17, 15) is 9.59 Å². The van der Waals surface area contributed by atoms with Crippen molar-refractivity contribution < 1.29 is 14.3 Å².